The van der Waals surface area contributed by atoms with Crippen LogP contribution in [0.1, 0.15) is 84.1 Å². The van der Waals surface area contributed by atoms with Crippen molar-refractivity contribution in [2.75, 3.05) is 13.2 Å². The van der Waals surface area contributed by atoms with E-state index in [1.165, 1.54) is 0 Å². The monoisotopic (exact) mass is 318 g/mol. The standard InChI is InChI=1S/C16H30O2.4CH4/c1-13(2)9-15(5,11-17)7-8-16(6,12-18)10-14(3)4;;;;/h13-14,17-18H,9-12H2,1-6H3;4*1H4. The SMILES string of the molecule is C.C.C.C.CC(C)CC(C)(C#CC(C)(CO)CC(C)C)CO. The van der Waals surface area contributed by atoms with Crippen LogP contribution in [0.5, 0.6) is 0 Å². The Kier molecular flexibility index (Phi) is 21.3. The van der Waals surface area contributed by atoms with Gasteiger partial charge in [0.1, 0.15) is 0 Å². The van der Waals surface area contributed by atoms with Crippen molar-refractivity contribution in [3.05, 3.63) is 0 Å². The molecule has 2 N–H and O–H groups in total. The van der Waals surface area contributed by atoms with Crippen molar-refractivity contribution in [3.8, 4) is 11.8 Å². The molecule has 0 aliphatic rings. The lowest BCUT2D eigenvalue weighted by molar-refractivity contribution is 0.160. The topological polar surface area (TPSA) is 40.5 Å². The second kappa shape index (κ2) is 14.1. The molecule has 2 atom stereocenters. The maximum atomic E-state index is 9.52. The highest BCUT2D eigenvalue weighted by Gasteiger charge is 2.26. The third-order valence-corrected chi connectivity index (χ3v) is 3.08. The van der Waals surface area contributed by atoms with Gasteiger partial charge in [0, 0.05) is 0 Å². The highest BCUT2D eigenvalue weighted by molar-refractivity contribution is 5.17. The van der Waals surface area contributed by atoms with Gasteiger partial charge in [-0.15, -0.1) is 0 Å². The summed E-state index contributed by atoms with van der Waals surface area (Å²) in [5, 5.41) is 19.0. The average Bonchev–Trinajstić information content (AvgIpc) is 2.25. The summed E-state index contributed by atoms with van der Waals surface area (Å²) in [6, 6.07) is 0. The summed E-state index contributed by atoms with van der Waals surface area (Å²) in [5.41, 5.74) is -0.719. The maximum Gasteiger partial charge on any atom is 0.0594 e. The fourth-order valence-electron chi connectivity index (χ4n) is 2.41. The van der Waals surface area contributed by atoms with E-state index in [0.717, 1.165) is 12.8 Å². The van der Waals surface area contributed by atoms with Crippen molar-refractivity contribution < 1.29 is 10.2 Å². The van der Waals surface area contributed by atoms with E-state index in [-0.39, 0.29) is 53.8 Å². The van der Waals surface area contributed by atoms with Crippen LogP contribution in [0.3, 0.4) is 0 Å². The molecule has 0 aromatic carbocycles. The number of hydrogen-bond donors (Lipinski definition) is 2. The van der Waals surface area contributed by atoms with E-state index in [9.17, 15) is 10.2 Å². The molecule has 0 heterocycles. The minimum atomic E-state index is -0.360. The van der Waals surface area contributed by atoms with Crippen LogP contribution in [0.4, 0.5) is 0 Å². The Labute approximate surface area is 142 Å². The molecule has 0 aromatic rings. The van der Waals surface area contributed by atoms with Gasteiger partial charge in [-0.1, -0.05) is 69.2 Å². The first-order valence-electron chi connectivity index (χ1n) is 6.92. The van der Waals surface area contributed by atoms with Crippen molar-refractivity contribution in [1.82, 2.24) is 0 Å². The largest absolute Gasteiger partial charge is 0.395 e. The third kappa shape index (κ3) is 13.2. The third-order valence-electron chi connectivity index (χ3n) is 3.08. The van der Waals surface area contributed by atoms with E-state index >= 15 is 0 Å². The minimum absolute atomic E-state index is 0. The first kappa shape index (κ1) is 33.2. The van der Waals surface area contributed by atoms with Crippen molar-refractivity contribution >= 4 is 0 Å². The van der Waals surface area contributed by atoms with E-state index in [1.807, 2.05) is 13.8 Å². The number of rotatable bonds is 6. The van der Waals surface area contributed by atoms with E-state index in [0.29, 0.717) is 11.8 Å². The van der Waals surface area contributed by atoms with Gasteiger partial charge >= 0.3 is 0 Å². The molecule has 0 bridgehead atoms. The highest BCUT2D eigenvalue weighted by atomic mass is 16.3. The first-order chi connectivity index (χ1) is 8.16. The van der Waals surface area contributed by atoms with E-state index in [2.05, 4.69) is 39.5 Å². The van der Waals surface area contributed by atoms with Crippen LogP contribution in [-0.2, 0) is 0 Å². The first-order valence-corrected chi connectivity index (χ1v) is 6.92. The van der Waals surface area contributed by atoms with Crippen LogP contribution in [0.25, 0.3) is 0 Å². The summed E-state index contributed by atoms with van der Waals surface area (Å²) in [6.45, 7) is 12.7. The molecule has 0 saturated heterocycles. The average molecular weight is 319 g/mol. The lowest BCUT2D eigenvalue weighted by Gasteiger charge is -2.26. The van der Waals surface area contributed by atoms with Gasteiger partial charge in [-0.3, -0.25) is 0 Å². The van der Waals surface area contributed by atoms with Crippen LogP contribution >= 0.6 is 0 Å². The van der Waals surface area contributed by atoms with Gasteiger partial charge in [0.05, 0.1) is 24.0 Å². The molecule has 2 heteroatoms. The fraction of sp³-hybridized carbons (Fsp3) is 0.900. The fourth-order valence-corrected chi connectivity index (χ4v) is 2.41. The molecular formula is C20H46O2. The summed E-state index contributed by atoms with van der Waals surface area (Å²) >= 11 is 0. The van der Waals surface area contributed by atoms with Crippen molar-refractivity contribution in [1.29, 1.82) is 0 Å². The molecule has 0 amide bonds. The number of aliphatic hydroxyl groups is 2. The van der Waals surface area contributed by atoms with Gasteiger partial charge in [-0.25, -0.2) is 0 Å². The lowest BCUT2D eigenvalue weighted by Crippen LogP contribution is -2.25. The van der Waals surface area contributed by atoms with Gasteiger partial charge in [0.25, 0.3) is 0 Å². The van der Waals surface area contributed by atoms with Gasteiger partial charge in [0.15, 0.2) is 0 Å². The Bertz CT molecular complexity index is 271. The smallest absolute Gasteiger partial charge is 0.0594 e. The molecule has 22 heavy (non-hydrogen) atoms. The molecular weight excluding hydrogens is 272 g/mol. The molecule has 0 aliphatic carbocycles. The van der Waals surface area contributed by atoms with Gasteiger partial charge in [0.2, 0.25) is 0 Å². The second-order valence-corrected chi connectivity index (χ2v) is 6.88. The number of hydrogen-bond acceptors (Lipinski definition) is 2. The zero-order chi connectivity index (χ0) is 14.4. The van der Waals surface area contributed by atoms with Crippen LogP contribution in [0.2, 0.25) is 0 Å². The number of aliphatic hydroxyl groups excluding tert-OH is 2. The molecule has 2 nitrogen and oxygen atoms in total. The lowest BCUT2D eigenvalue weighted by atomic mass is 9.79. The van der Waals surface area contributed by atoms with Crippen molar-refractivity contribution in [2.24, 2.45) is 22.7 Å². The predicted molar refractivity (Wildman–Crippen MR) is 104 cm³/mol. The second-order valence-electron chi connectivity index (χ2n) is 6.88. The summed E-state index contributed by atoms with van der Waals surface area (Å²) in [7, 11) is 0. The zero-order valence-electron chi connectivity index (χ0n) is 12.9. The molecule has 0 aliphatic heterocycles. The van der Waals surface area contributed by atoms with Gasteiger partial charge in [-0.2, -0.15) is 0 Å². The summed E-state index contributed by atoms with van der Waals surface area (Å²) < 4.78 is 0. The van der Waals surface area contributed by atoms with Crippen LogP contribution in [0, 0.1) is 34.5 Å². The molecule has 0 saturated carbocycles. The molecule has 0 spiro atoms. The molecule has 0 aromatic heterocycles. The van der Waals surface area contributed by atoms with Gasteiger partial charge < -0.3 is 10.2 Å². The summed E-state index contributed by atoms with van der Waals surface area (Å²) in [6.07, 6.45) is 1.75. The Hall–Kier alpha value is -0.520. The van der Waals surface area contributed by atoms with E-state index in [4.69, 9.17) is 0 Å². The Morgan fingerprint density at radius 2 is 0.909 bits per heavy atom. The van der Waals surface area contributed by atoms with Crippen molar-refractivity contribution in [2.45, 2.75) is 84.1 Å². The van der Waals surface area contributed by atoms with Crippen LogP contribution in [-0.4, -0.2) is 23.4 Å². The van der Waals surface area contributed by atoms with E-state index < -0.39 is 0 Å². The molecule has 0 rings (SSSR count). The molecule has 2 unspecified atom stereocenters. The highest BCUT2D eigenvalue weighted by Crippen LogP contribution is 2.28. The van der Waals surface area contributed by atoms with Crippen LogP contribution < -0.4 is 0 Å². The van der Waals surface area contributed by atoms with Crippen LogP contribution in [0.15, 0.2) is 0 Å². The molecule has 138 valence electrons. The molecule has 0 fully saturated rings. The summed E-state index contributed by atoms with van der Waals surface area (Å²) in [5.74, 6) is 7.43. The quantitative estimate of drug-likeness (QED) is 0.624. The van der Waals surface area contributed by atoms with Gasteiger partial charge in [-0.05, 0) is 38.5 Å². The minimum Gasteiger partial charge on any atom is -0.395 e. The molecule has 0 radical (unpaired) electrons. The predicted octanol–water partition coefficient (Wildman–Crippen LogP) is 5.62. The maximum absolute atomic E-state index is 9.52. The Morgan fingerprint density at radius 1 is 0.682 bits per heavy atom. The summed E-state index contributed by atoms with van der Waals surface area (Å²) in [4.78, 5) is 0. The zero-order valence-corrected chi connectivity index (χ0v) is 12.9. The Morgan fingerprint density at radius 3 is 1.05 bits per heavy atom. The normalized spacial score (nSPS) is 14.8. The van der Waals surface area contributed by atoms with Crippen molar-refractivity contribution in [3.63, 3.8) is 0 Å². The Balaban J connectivity index is -0.000000241. The van der Waals surface area contributed by atoms with E-state index in [1.54, 1.807) is 0 Å².